The molecule has 0 saturated carbocycles. The van der Waals surface area contributed by atoms with E-state index in [1.807, 2.05) is 60.7 Å². The topological polar surface area (TPSA) is 151 Å². The molecule has 47 heavy (non-hydrogen) atoms. The molecule has 0 radical (unpaired) electrons. The van der Waals surface area contributed by atoms with Gasteiger partial charge in [-0.15, -0.1) is 0 Å². The van der Waals surface area contributed by atoms with Crippen LogP contribution in [0.2, 0.25) is 0 Å². The molecule has 0 spiro atoms. The average molecular weight is 634 g/mol. The fourth-order valence-electron chi connectivity index (χ4n) is 5.78. The lowest BCUT2D eigenvalue weighted by molar-refractivity contribution is -0.141. The number of fused-ring (bicyclic) bond motifs is 3. The van der Waals surface area contributed by atoms with E-state index in [2.05, 4.69) is 16.0 Å². The first-order valence-electron chi connectivity index (χ1n) is 15.3. The van der Waals surface area contributed by atoms with Crippen molar-refractivity contribution in [2.75, 3.05) is 13.2 Å². The van der Waals surface area contributed by atoms with Crippen LogP contribution in [-0.4, -0.2) is 60.0 Å². The molecule has 1 aliphatic carbocycles. The number of benzene rings is 4. The molecule has 0 heterocycles. The van der Waals surface area contributed by atoms with Gasteiger partial charge in [0.25, 0.3) is 5.91 Å². The highest BCUT2D eigenvalue weighted by Gasteiger charge is 2.36. The van der Waals surface area contributed by atoms with Crippen LogP contribution < -0.4 is 16.0 Å². The molecule has 0 aliphatic heterocycles. The predicted molar refractivity (Wildman–Crippen MR) is 174 cm³/mol. The number of Topliss-reactive ketones (excluding diaryl/α,β-unsaturated/α-hetero) is 1. The van der Waals surface area contributed by atoms with Crippen LogP contribution in [0.25, 0.3) is 11.1 Å². The minimum absolute atomic E-state index is 0.0204. The summed E-state index contributed by atoms with van der Waals surface area (Å²) in [6.45, 7) is -0.264. The van der Waals surface area contributed by atoms with E-state index in [1.54, 1.807) is 48.5 Å². The molecule has 4 N–H and O–H groups in total. The zero-order valence-electron chi connectivity index (χ0n) is 25.6. The Hall–Kier alpha value is -5.77. The molecule has 0 aromatic heterocycles. The molecule has 4 aromatic carbocycles. The van der Waals surface area contributed by atoms with Gasteiger partial charge in [-0.25, -0.2) is 4.79 Å². The van der Waals surface area contributed by atoms with E-state index in [0.717, 1.165) is 27.8 Å². The number of alkyl carbamates (subject to hydrolysis) is 1. The van der Waals surface area contributed by atoms with Crippen molar-refractivity contribution in [3.05, 3.63) is 131 Å². The van der Waals surface area contributed by atoms with Crippen LogP contribution in [0.5, 0.6) is 0 Å². The molecule has 10 nitrogen and oxygen atoms in total. The van der Waals surface area contributed by atoms with Crippen molar-refractivity contribution in [1.29, 1.82) is 0 Å². The Morgan fingerprint density at radius 3 is 1.85 bits per heavy atom. The van der Waals surface area contributed by atoms with Gasteiger partial charge in [0.15, 0.2) is 0 Å². The molecule has 5 rings (SSSR count). The average Bonchev–Trinajstić information content (AvgIpc) is 3.40. The van der Waals surface area contributed by atoms with Gasteiger partial charge in [-0.1, -0.05) is 109 Å². The first kappa shape index (κ1) is 32.6. The summed E-state index contributed by atoms with van der Waals surface area (Å²) in [4.78, 5) is 64.1. The number of carboxylic acids is 1. The van der Waals surface area contributed by atoms with Crippen LogP contribution in [-0.2, 0) is 36.8 Å². The van der Waals surface area contributed by atoms with Crippen molar-refractivity contribution in [3.63, 3.8) is 0 Å². The van der Waals surface area contributed by atoms with E-state index in [-0.39, 0.29) is 31.9 Å². The second-order valence-corrected chi connectivity index (χ2v) is 11.2. The minimum atomic E-state index is -1.49. The van der Waals surface area contributed by atoms with Crippen LogP contribution in [0, 0.1) is 0 Å². The highest BCUT2D eigenvalue weighted by molar-refractivity contribution is 6.38. The fraction of sp³-hybridized carbons (Fsp3) is 0.216. The Morgan fingerprint density at radius 1 is 0.702 bits per heavy atom. The Labute approximate surface area is 272 Å². The fourth-order valence-corrected chi connectivity index (χ4v) is 5.78. The van der Waals surface area contributed by atoms with Crippen molar-refractivity contribution in [2.24, 2.45) is 0 Å². The maximum Gasteiger partial charge on any atom is 0.407 e. The van der Waals surface area contributed by atoms with Crippen molar-refractivity contribution in [1.82, 2.24) is 16.0 Å². The van der Waals surface area contributed by atoms with E-state index in [4.69, 9.17) is 9.84 Å². The van der Waals surface area contributed by atoms with Gasteiger partial charge in [0.05, 0.1) is 18.9 Å². The molecular weight excluding hydrogens is 598 g/mol. The number of carbonyl (C=O) groups excluding carboxylic acids is 4. The molecule has 0 bridgehead atoms. The molecule has 0 saturated heterocycles. The van der Waals surface area contributed by atoms with Gasteiger partial charge < -0.3 is 25.8 Å². The van der Waals surface area contributed by atoms with Gasteiger partial charge in [-0.05, 0) is 39.8 Å². The maximum atomic E-state index is 13.6. The smallest absolute Gasteiger partial charge is 0.407 e. The van der Waals surface area contributed by atoms with Gasteiger partial charge in [0.2, 0.25) is 11.7 Å². The summed E-state index contributed by atoms with van der Waals surface area (Å²) >= 11 is 0. The number of aliphatic carboxylic acids is 1. The number of nitrogens with one attached hydrogen (secondary N) is 3. The van der Waals surface area contributed by atoms with Crippen molar-refractivity contribution in [2.45, 2.75) is 37.3 Å². The monoisotopic (exact) mass is 633 g/mol. The summed E-state index contributed by atoms with van der Waals surface area (Å²) < 4.78 is 5.75. The third kappa shape index (κ3) is 8.49. The molecule has 240 valence electrons. The molecule has 0 unspecified atom stereocenters. The second kappa shape index (κ2) is 15.5. The molecule has 0 fully saturated rings. The summed E-state index contributed by atoms with van der Waals surface area (Å²) in [7, 11) is 0. The second-order valence-electron chi connectivity index (χ2n) is 11.2. The van der Waals surface area contributed by atoms with E-state index >= 15 is 0 Å². The van der Waals surface area contributed by atoms with Crippen molar-refractivity contribution >= 4 is 29.7 Å². The zero-order valence-corrected chi connectivity index (χ0v) is 25.6. The van der Waals surface area contributed by atoms with Crippen LogP contribution in [0.4, 0.5) is 4.79 Å². The van der Waals surface area contributed by atoms with Crippen LogP contribution in [0.3, 0.4) is 0 Å². The number of amides is 3. The first-order valence-corrected chi connectivity index (χ1v) is 15.3. The number of carboxylic acid groups (broad SMARTS) is 1. The molecule has 2 atom stereocenters. The summed E-state index contributed by atoms with van der Waals surface area (Å²) in [6, 6.07) is 31.1. The molecule has 10 heteroatoms. The number of rotatable bonds is 14. The van der Waals surface area contributed by atoms with E-state index in [1.165, 1.54) is 0 Å². The summed E-state index contributed by atoms with van der Waals surface area (Å²) in [5.41, 5.74) is 5.62. The van der Waals surface area contributed by atoms with E-state index in [9.17, 15) is 24.0 Å². The van der Waals surface area contributed by atoms with Gasteiger partial charge >= 0.3 is 12.1 Å². The number of ketones is 1. The van der Waals surface area contributed by atoms with Gasteiger partial charge in [0.1, 0.15) is 12.6 Å². The highest BCUT2D eigenvalue weighted by Crippen LogP contribution is 2.44. The quantitative estimate of drug-likeness (QED) is 0.153. The summed E-state index contributed by atoms with van der Waals surface area (Å²) in [5, 5.41) is 16.7. The van der Waals surface area contributed by atoms with Crippen LogP contribution >= 0.6 is 0 Å². The van der Waals surface area contributed by atoms with Gasteiger partial charge in [0, 0.05) is 12.5 Å². The lowest BCUT2D eigenvalue weighted by Gasteiger charge is -2.28. The Bertz CT molecular complexity index is 1700. The van der Waals surface area contributed by atoms with Crippen LogP contribution in [0.15, 0.2) is 109 Å². The molecule has 4 aromatic rings. The summed E-state index contributed by atoms with van der Waals surface area (Å²) in [5.74, 6) is -4.01. The lowest BCUT2D eigenvalue weighted by atomic mass is 9.95. The molecule has 3 amide bonds. The minimum Gasteiger partial charge on any atom is -0.481 e. The largest absolute Gasteiger partial charge is 0.481 e. The SMILES string of the molecule is O=C(O)CCNC(=O)C(=O)[C@@H](NC(=O)Cc1ccccc1)[C@@H](Cc1ccccc1)NC(=O)OCC1c2ccccc2-c2ccccc21. The first-order chi connectivity index (χ1) is 22.8. The van der Waals surface area contributed by atoms with Crippen molar-refractivity contribution < 1.29 is 33.8 Å². The standard InChI is InChI=1S/C37H35N3O7/c41-32(22-25-13-5-2-6-14-25)40-34(35(44)36(45)38-20-19-33(42)43)31(21-24-11-3-1-4-12-24)39-37(46)47-23-30-28-17-9-7-15-26(28)27-16-8-10-18-29(27)30/h1-18,30-31,34H,19-23H2,(H,38,45)(H,39,46)(H,40,41)(H,42,43)/t31-,34+/m1/s1. The van der Waals surface area contributed by atoms with Crippen molar-refractivity contribution in [3.8, 4) is 11.1 Å². The highest BCUT2D eigenvalue weighted by atomic mass is 16.5. The van der Waals surface area contributed by atoms with Gasteiger partial charge in [-0.3, -0.25) is 19.2 Å². The summed E-state index contributed by atoms with van der Waals surface area (Å²) in [6.07, 6.45) is -1.21. The molecule has 1 aliphatic rings. The van der Waals surface area contributed by atoms with Gasteiger partial charge in [-0.2, -0.15) is 0 Å². The number of carbonyl (C=O) groups is 5. The third-order valence-corrected chi connectivity index (χ3v) is 8.00. The zero-order chi connectivity index (χ0) is 33.2. The van der Waals surface area contributed by atoms with E-state index in [0.29, 0.717) is 5.56 Å². The Kier molecular flexibility index (Phi) is 10.7. The Balaban J connectivity index is 1.37. The predicted octanol–water partition coefficient (Wildman–Crippen LogP) is 4.02. The number of hydrogen-bond donors (Lipinski definition) is 4. The normalized spacial score (nSPS) is 12.9. The van der Waals surface area contributed by atoms with E-state index < -0.39 is 48.2 Å². The number of hydrogen-bond acceptors (Lipinski definition) is 6. The number of ether oxygens (including phenoxy) is 1. The Morgan fingerprint density at radius 2 is 1.26 bits per heavy atom. The van der Waals surface area contributed by atoms with Crippen LogP contribution in [0.1, 0.15) is 34.6 Å². The lowest BCUT2D eigenvalue weighted by Crippen LogP contribution is -2.59. The maximum absolute atomic E-state index is 13.6. The molecular formula is C37H35N3O7. The third-order valence-electron chi connectivity index (χ3n) is 8.00.